The molecule has 0 fully saturated rings. The Morgan fingerprint density at radius 2 is 2.54 bits per heavy atom. The van der Waals surface area contributed by atoms with E-state index in [1.165, 1.54) is 5.57 Å². The van der Waals surface area contributed by atoms with Crippen LogP contribution in [0.3, 0.4) is 0 Å². The van der Waals surface area contributed by atoms with E-state index in [0.717, 1.165) is 32.6 Å². The molecule has 3 nitrogen and oxygen atoms in total. The van der Waals surface area contributed by atoms with Crippen LogP contribution < -0.4 is 5.32 Å². The van der Waals surface area contributed by atoms with Gasteiger partial charge in [0.25, 0.3) is 0 Å². The Kier molecular flexibility index (Phi) is 4.86. The van der Waals surface area contributed by atoms with Gasteiger partial charge in [0.05, 0.1) is 25.5 Å². The molecule has 0 amide bonds. The van der Waals surface area contributed by atoms with Crippen molar-refractivity contribution in [1.82, 2.24) is 5.32 Å². The van der Waals surface area contributed by atoms with Crippen LogP contribution in [0.5, 0.6) is 0 Å². The first-order valence-electron chi connectivity index (χ1n) is 4.91. The van der Waals surface area contributed by atoms with Crippen molar-refractivity contribution in [3.63, 3.8) is 0 Å². The van der Waals surface area contributed by atoms with E-state index in [4.69, 9.17) is 9.47 Å². The van der Waals surface area contributed by atoms with E-state index in [1.54, 1.807) is 7.11 Å². The second kappa shape index (κ2) is 6.00. The summed E-state index contributed by atoms with van der Waals surface area (Å²) in [5, 5.41) is 3.38. The normalized spacial score (nSPS) is 19.1. The van der Waals surface area contributed by atoms with Gasteiger partial charge >= 0.3 is 0 Å². The number of hydrogen-bond acceptors (Lipinski definition) is 3. The zero-order valence-corrected chi connectivity index (χ0v) is 8.51. The lowest BCUT2D eigenvalue weighted by Crippen LogP contribution is -2.35. The molecular formula is C10H19NO2. The van der Waals surface area contributed by atoms with Crippen molar-refractivity contribution in [3.05, 3.63) is 11.8 Å². The Morgan fingerprint density at radius 1 is 1.69 bits per heavy atom. The number of nitrogens with one attached hydrogen (secondary N) is 1. The van der Waals surface area contributed by atoms with E-state index in [2.05, 4.69) is 12.2 Å². The average Bonchev–Trinajstić information content (AvgIpc) is 2.19. The third-order valence-electron chi connectivity index (χ3n) is 2.19. The van der Waals surface area contributed by atoms with Gasteiger partial charge in [0.15, 0.2) is 0 Å². The molecule has 0 aromatic rings. The fraction of sp³-hybridized carbons (Fsp3) is 0.800. The largest absolute Gasteiger partial charge is 0.501 e. The molecular weight excluding hydrogens is 166 g/mol. The number of likely N-dealkylation sites (N-methyl/N-ethyl adjacent to an activating group) is 1. The number of ether oxygens (including phenoxy) is 2. The number of hydrogen-bond donors (Lipinski definition) is 1. The predicted octanol–water partition coefficient (Wildman–Crippen LogP) is 1.31. The molecule has 1 atom stereocenters. The van der Waals surface area contributed by atoms with E-state index in [1.807, 2.05) is 6.26 Å². The Morgan fingerprint density at radius 3 is 3.08 bits per heavy atom. The molecule has 0 aromatic carbocycles. The third kappa shape index (κ3) is 3.36. The molecule has 0 spiro atoms. The van der Waals surface area contributed by atoms with Gasteiger partial charge in [0, 0.05) is 7.11 Å². The highest BCUT2D eigenvalue weighted by molar-refractivity contribution is 5.09. The Bertz CT molecular complexity index is 162. The molecule has 3 heteroatoms. The zero-order valence-electron chi connectivity index (χ0n) is 8.51. The fourth-order valence-electron chi connectivity index (χ4n) is 1.55. The van der Waals surface area contributed by atoms with Gasteiger partial charge in [0.1, 0.15) is 0 Å². The van der Waals surface area contributed by atoms with Crippen LogP contribution in [-0.4, -0.2) is 32.9 Å². The highest BCUT2D eigenvalue weighted by Gasteiger charge is 2.15. The Labute approximate surface area is 80.1 Å². The third-order valence-corrected chi connectivity index (χ3v) is 2.19. The summed E-state index contributed by atoms with van der Waals surface area (Å²) in [5.41, 5.74) is 1.33. The van der Waals surface area contributed by atoms with Crippen molar-refractivity contribution in [2.75, 3.05) is 26.9 Å². The molecule has 1 aliphatic heterocycles. The smallest absolute Gasteiger partial charge is 0.0876 e. The van der Waals surface area contributed by atoms with E-state index in [-0.39, 0.29) is 0 Å². The van der Waals surface area contributed by atoms with Gasteiger partial charge in [-0.2, -0.15) is 0 Å². The summed E-state index contributed by atoms with van der Waals surface area (Å²) in [4.78, 5) is 0. The molecule has 76 valence electrons. The van der Waals surface area contributed by atoms with E-state index in [0.29, 0.717) is 6.04 Å². The highest BCUT2D eigenvalue weighted by atomic mass is 16.5. The van der Waals surface area contributed by atoms with Crippen LogP contribution in [0.15, 0.2) is 11.8 Å². The molecule has 0 aliphatic carbocycles. The summed E-state index contributed by atoms with van der Waals surface area (Å²) < 4.78 is 10.4. The van der Waals surface area contributed by atoms with E-state index in [9.17, 15) is 0 Å². The van der Waals surface area contributed by atoms with E-state index >= 15 is 0 Å². The van der Waals surface area contributed by atoms with Gasteiger partial charge in [-0.1, -0.05) is 6.92 Å². The van der Waals surface area contributed by atoms with Crippen molar-refractivity contribution in [2.45, 2.75) is 25.8 Å². The molecule has 0 bridgehead atoms. The molecule has 0 radical (unpaired) electrons. The van der Waals surface area contributed by atoms with Crippen LogP contribution in [0.25, 0.3) is 0 Å². The summed E-state index contributed by atoms with van der Waals surface area (Å²) in [6, 6.07) is 0.329. The summed E-state index contributed by atoms with van der Waals surface area (Å²) in [6.07, 6.45) is 4.13. The van der Waals surface area contributed by atoms with Gasteiger partial charge in [-0.15, -0.1) is 0 Å². The Hall–Kier alpha value is -0.540. The minimum absolute atomic E-state index is 0.329. The first-order chi connectivity index (χ1) is 6.38. The first kappa shape index (κ1) is 10.5. The number of rotatable bonds is 5. The van der Waals surface area contributed by atoms with Crippen molar-refractivity contribution < 1.29 is 9.47 Å². The quantitative estimate of drug-likeness (QED) is 0.700. The van der Waals surface area contributed by atoms with E-state index < -0.39 is 0 Å². The standard InChI is InChI=1S/C10H19NO2/c1-3-11-10(8-12-2)9-5-4-6-13-7-9/h7,10-11H,3-6,8H2,1-2H3. The zero-order chi connectivity index (χ0) is 9.52. The van der Waals surface area contributed by atoms with Crippen LogP contribution in [0.2, 0.25) is 0 Å². The molecule has 1 unspecified atom stereocenters. The van der Waals surface area contributed by atoms with Crippen LogP contribution in [-0.2, 0) is 9.47 Å². The minimum atomic E-state index is 0.329. The van der Waals surface area contributed by atoms with Gasteiger partial charge in [0.2, 0.25) is 0 Å². The number of methoxy groups -OCH3 is 1. The molecule has 0 saturated heterocycles. The predicted molar refractivity (Wildman–Crippen MR) is 52.6 cm³/mol. The lowest BCUT2D eigenvalue weighted by molar-refractivity contribution is 0.165. The van der Waals surface area contributed by atoms with Crippen LogP contribution in [0, 0.1) is 0 Å². The fourth-order valence-corrected chi connectivity index (χ4v) is 1.55. The van der Waals surface area contributed by atoms with Crippen LogP contribution in [0.1, 0.15) is 19.8 Å². The summed E-state index contributed by atoms with van der Waals surface area (Å²) >= 11 is 0. The molecule has 0 aromatic heterocycles. The van der Waals surface area contributed by atoms with Crippen molar-refractivity contribution in [2.24, 2.45) is 0 Å². The highest BCUT2D eigenvalue weighted by Crippen LogP contribution is 2.15. The van der Waals surface area contributed by atoms with Crippen molar-refractivity contribution >= 4 is 0 Å². The van der Waals surface area contributed by atoms with Gasteiger partial charge in [-0.3, -0.25) is 0 Å². The Balaban J connectivity index is 2.46. The van der Waals surface area contributed by atoms with Crippen molar-refractivity contribution in [1.29, 1.82) is 0 Å². The SMILES string of the molecule is CCNC(COC)C1=COCCC1. The van der Waals surface area contributed by atoms with Gasteiger partial charge < -0.3 is 14.8 Å². The van der Waals surface area contributed by atoms with Gasteiger partial charge in [-0.05, 0) is 25.0 Å². The lowest BCUT2D eigenvalue weighted by atomic mass is 10.0. The molecule has 13 heavy (non-hydrogen) atoms. The minimum Gasteiger partial charge on any atom is -0.501 e. The summed E-state index contributed by atoms with van der Waals surface area (Å²) in [5.74, 6) is 0. The van der Waals surface area contributed by atoms with Crippen LogP contribution in [0.4, 0.5) is 0 Å². The maximum Gasteiger partial charge on any atom is 0.0876 e. The molecule has 1 heterocycles. The molecule has 1 N–H and O–H groups in total. The second-order valence-corrected chi connectivity index (χ2v) is 3.23. The van der Waals surface area contributed by atoms with Gasteiger partial charge in [-0.25, -0.2) is 0 Å². The molecule has 1 rings (SSSR count). The monoisotopic (exact) mass is 185 g/mol. The van der Waals surface area contributed by atoms with Crippen LogP contribution >= 0.6 is 0 Å². The molecule has 0 saturated carbocycles. The summed E-state index contributed by atoms with van der Waals surface area (Å²) in [6.45, 7) is 4.65. The van der Waals surface area contributed by atoms with Crippen molar-refractivity contribution in [3.8, 4) is 0 Å². The first-order valence-corrected chi connectivity index (χ1v) is 4.91. The second-order valence-electron chi connectivity index (χ2n) is 3.23. The lowest BCUT2D eigenvalue weighted by Gasteiger charge is -2.23. The maximum absolute atomic E-state index is 5.30. The average molecular weight is 185 g/mol. The summed E-state index contributed by atoms with van der Waals surface area (Å²) in [7, 11) is 1.73. The maximum atomic E-state index is 5.30. The molecule has 1 aliphatic rings. The topological polar surface area (TPSA) is 30.5 Å².